The van der Waals surface area contributed by atoms with E-state index in [1.54, 1.807) is 42.5 Å². The molecule has 1 fully saturated rings. The maximum Gasteiger partial charge on any atom is 0.264 e. The van der Waals surface area contributed by atoms with Crippen molar-refractivity contribution in [1.29, 1.82) is 0 Å². The number of amides is 2. The van der Waals surface area contributed by atoms with Crippen LogP contribution >= 0.6 is 23.2 Å². The zero-order valence-electron chi connectivity index (χ0n) is 25.9. The van der Waals surface area contributed by atoms with Gasteiger partial charge in [-0.2, -0.15) is 0 Å². The van der Waals surface area contributed by atoms with E-state index in [2.05, 4.69) is 5.32 Å². The van der Waals surface area contributed by atoms with Crippen LogP contribution in [0.1, 0.15) is 50.2 Å². The van der Waals surface area contributed by atoms with Crippen molar-refractivity contribution in [2.75, 3.05) is 25.1 Å². The second-order valence-corrected chi connectivity index (χ2v) is 13.7. The van der Waals surface area contributed by atoms with Gasteiger partial charge in [-0.25, -0.2) is 8.42 Å². The molecule has 4 rings (SSSR count). The minimum Gasteiger partial charge on any atom is -0.493 e. The maximum atomic E-state index is 14.4. The lowest BCUT2D eigenvalue weighted by atomic mass is 10.1. The highest BCUT2D eigenvalue weighted by atomic mass is 35.5. The molecule has 0 heterocycles. The van der Waals surface area contributed by atoms with Gasteiger partial charge in [0.2, 0.25) is 11.8 Å². The fourth-order valence-electron chi connectivity index (χ4n) is 5.47. The van der Waals surface area contributed by atoms with Crippen molar-refractivity contribution < 1.29 is 27.5 Å². The van der Waals surface area contributed by atoms with Gasteiger partial charge in [-0.1, -0.05) is 66.7 Å². The molecule has 0 aromatic heterocycles. The predicted molar refractivity (Wildman–Crippen MR) is 177 cm³/mol. The Morgan fingerprint density at radius 1 is 0.956 bits per heavy atom. The molecule has 12 heteroatoms. The maximum absolute atomic E-state index is 14.4. The highest BCUT2D eigenvalue weighted by Crippen LogP contribution is 2.34. The number of hydrogen-bond acceptors (Lipinski definition) is 6. The summed E-state index contributed by atoms with van der Waals surface area (Å²) in [6, 6.07) is 15.1. The molecule has 0 saturated heterocycles. The molecule has 1 N–H and O–H groups in total. The summed E-state index contributed by atoms with van der Waals surface area (Å²) in [5.74, 6) is -0.186. The second kappa shape index (κ2) is 15.2. The number of benzene rings is 3. The molecule has 242 valence electrons. The fourth-order valence-corrected chi connectivity index (χ4v) is 7.34. The Hall–Kier alpha value is -3.47. The molecule has 45 heavy (non-hydrogen) atoms. The van der Waals surface area contributed by atoms with Gasteiger partial charge in [0.05, 0.1) is 24.8 Å². The number of methoxy groups -OCH3 is 2. The smallest absolute Gasteiger partial charge is 0.264 e. The second-order valence-electron chi connectivity index (χ2n) is 11.0. The Kier molecular flexibility index (Phi) is 11.6. The van der Waals surface area contributed by atoms with Crippen molar-refractivity contribution in [2.24, 2.45) is 0 Å². The quantitative estimate of drug-likeness (QED) is 0.225. The minimum absolute atomic E-state index is 0.00833. The summed E-state index contributed by atoms with van der Waals surface area (Å²) in [4.78, 5) is 29.4. The topological polar surface area (TPSA) is 105 Å². The molecule has 9 nitrogen and oxygen atoms in total. The van der Waals surface area contributed by atoms with E-state index in [1.165, 1.54) is 37.3 Å². The molecule has 1 saturated carbocycles. The van der Waals surface area contributed by atoms with E-state index in [0.717, 1.165) is 35.6 Å². The van der Waals surface area contributed by atoms with Crippen molar-refractivity contribution in [2.45, 2.75) is 69.5 Å². The summed E-state index contributed by atoms with van der Waals surface area (Å²) in [5.41, 5.74) is 1.64. The first-order chi connectivity index (χ1) is 21.5. The Labute approximate surface area is 275 Å². The molecule has 0 bridgehead atoms. The lowest BCUT2D eigenvalue weighted by Gasteiger charge is -2.34. The Morgan fingerprint density at radius 3 is 2.22 bits per heavy atom. The first kappa shape index (κ1) is 34.4. The number of carbonyl (C=O) groups excluding carboxylic acids is 2. The molecular formula is C33H39Cl2N3O6S. The van der Waals surface area contributed by atoms with Gasteiger partial charge < -0.3 is 19.7 Å². The third-order valence-corrected chi connectivity index (χ3v) is 10.4. The zero-order valence-corrected chi connectivity index (χ0v) is 28.2. The zero-order chi connectivity index (χ0) is 32.7. The van der Waals surface area contributed by atoms with Crippen LogP contribution < -0.4 is 19.1 Å². The first-order valence-corrected chi connectivity index (χ1v) is 17.0. The average molecular weight is 677 g/mol. The summed E-state index contributed by atoms with van der Waals surface area (Å²) in [7, 11) is -1.34. The van der Waals surface area contributed by atoms with Gasteiger partial charge in [0.1, 0.15) is 12.6 Å². The van der Waals surface area contributed by atoms with Crippen molar-refractivity contribution in [3.05, 3.63) is 81.8 Å². The van der Waals surface area contributed by atoms with E-state index in [0.29, 0.717) is 33.5 Å². The number of nitrogens with zero attached hydrogens (tertiary/aromatic N) is 2. The number of sulfonamides is 1. The summed E-state index contributed by atoms with van der Waals surface area (Å²) in [6.45, 7) is 3.05. The number of rotatable bonds is 13. The van der Waals surface area contributed by atoms with Gasteiger partial charge >= 0.3 is 0 Å². The van der Waals surface area contributed by atoms with Crippen molar-refractivity contribution in [1.82, 2.24) is 10.2 Å². The molecule has 0 spiro atoms. The molecule has 3 aromatic rings. The van der Waals surface area contributed by atoms with Crippen LogP contribution in [0.4, 0.5) is 5.69 Å². The van der Waals surface area contributed by atoms with E-state index >= 15 is 0 Å². The van der Waals surface area contributed by atoms with Crippen LogP contribution in [-0.4, -0.2) is 58.0 Å². The number of hydrogen-bond donors (Lipinski definition) is 1. The van der Waals surface area contributed by atoms with Crippen molar-refractivity contribution in [3.63, 3.8) is 0 Å². The largest absolute Gasteiger partial charge is 0.493 e. The SMILES string of the molecule is CC[C@H](C(=O)NC1CCCC1)N(Cc1ccc(Cl)cc1Cl)C(=O)CN(c1ccc(OC)c(OC)c1)S(=O)(=O)c1ccc(C)cc1. The molecule has 1 aliphatic rings. The van der Waals surface area contributed by atoms with E-state index in [1.807, 2.05) is 13.8 Å². The summed E-state index contributed by atoms with van der Waals surface area (Å²) in [6.07, 6.45) is 4.11. The molecule has 2 amide bonds. The summed E-state index contributed by atoms with van der Waals surface area (Å²) in [5, 5.41) is 3.86. The van der Waals surface area contributed by atoms with E-state index in [-0.39, 0.29) is 29.1 Å². The third kappa shape index (κ3) is 8.23. The highest BCUT2D eigenvalue weighted by molar-refractivity contribution is 7.92. The van der Waals surface area contributed by atoms with Gasteiger partial charge in [-0.3, -0.25) is 13.9 Å². The molecule has 0 unspecified atom stereocenters. The van der Waals surface area contributed by atoms with Crippen LogP contribution in [0.2, 0.25) is 10.0 Å². The number of halogens is 2. The number of carbonyl (C=O) groups is 2. The van der Waals surface area contributed by atoms with Gasteiger partial charge in [0, 0.05) is 28.7 Å². The summed E-state index contributed by atoms with van der Waals surface area (Å²) < 4.78 is 40.2. The number of nitrogens with one attached hydrogen (secondary N) is 1. The van der Waals surface area contributed by atoms with Crippen LogP contribution in [0.3, 0.4) is 0 Å². The molecular weight excluding hydrogens is 637 g/mol. The van der Waals surface area contributed by atoms with Gasteiger partial charge in [-0.05, 0) is 68.1 Å². The van der Waals surface area contributed by atoms with Crippen molar-refractivity contribution >= 4 is 50.7 Å². The van der Waals surface area contributed by atoms with Crippen molar-refractivity contribution in [3.8, 4) is 11.5 Å². The molecule has 3 aromatic carbocycles. The Morgan fingerprint density at radius 2 is 1.62 bits per heavy atom. The average Bonchev–Trinajstić information content (AvgIpc) is 3.53. The molecule has 0 aliphatic heterocycles. The minimum atomic E-state index is -4.26. The third-order valence-electron chi connectivity index (χ3n) is 7.99. The molecule has 1 atom stereocenters. The van der Waals surface area contributed by atoms with Gasteiger partial charge in [0.15, 0.2) is 11.5 Å². The Bertz CT molecular complexity index is 1610. The Balaban J connectivity index is 1.77. The monoisotopic (exact) mass is 675 g/mol. The van der Waals surface area contributed by atoms with E-state index in [4.69, 9.17) is 32.7 Å². The van der Waals surface area contributed by atoms with E-state index in [9.17, 15) is 18.0 Å². The van der Waals surface area contributed by atoms with E-state index < -0.39 is 28.5 Å². The normalized spacial score (nSPS) is 14.1. The van der Waals surface area contributed by atoms with Gasteiger partial charge in [0.25, 0.3) is 10.0 Å². The van der Waals surface area contributed by atoms with Crippen LogP contribution in [0.25, 0.3) is 0 Å². The standard InChI is InChI=1S/C33H39Cl2N3O6S/c1-5-29(33(40)36-25-8-6-7-9-25)37(20-23-12-13-24(34)18-28(23)35)32(39)21-38(26-14-17-30(43-3)31(19-26)44-4)45(41,42)27-15-10-22(2)11-16-27/h10-19,25,29H,5-9,20-21H2,1-4H3,(H,36,40)/t29-/m1/s1. The lowest BCUT2D eigenvalue weighted by Crippen LogP contribution is -2.53. The fraction of sp³-hybridized carbons (Fsp3) is 0.394. The predicted octanol–water partition coefficient (Wildman–Crippen LogP) is 6.38. The van der Waals surface area contributed by atoms with Crippen LogP contribution in [0.15, 0.2) is 65.6 Å². The number of anilines is 1. The molecule has 0 radical (unpaired) electrons. The molecule has 1 aliphatic carbocycles. The summed E-state index contributed by atoms with van der Waals surface area (Å²) >= 11 is 12.6. The number of ether oxygens (including phenoxy) is 2. The highest BCUT2D eigenvalue weighted by Gasteiger charge is 2.35. The number of aryl methyl sites for hydroxylation is 1. The van der Waals surface area contributed by atoms with Gasteiger partial charge in [-0.15, -0.1) is 0 Å². The van der Waals surface area contributed by atoms with Crippen LogP contribution in [0.5, 0.6) is 11.5 Å². The lowest BCUT2D eigenvalue weighted by molar-refractivity contribution is -0.140. The van der Waals surface area contributed by atoms with Crippen LogP contribution in [-0.2, 0) is 26.2 Å². The van der Waals surface area contributed by atoms with Crippen LogP contribution in [0, 0.1) is 6.92 Å². The first-order valence-electron chi connectivity index (χ1n) is 14.8.